The van der Waals surface area contributed by atoms with Crippen LogP contribution in [0.15, 0.2) is 29.7 Å². The zero-order chi connectivity index (χ0) is 24.5. The number of methoxy groups -OCH3 is 1. The van der Waals surface area contributed by atoms with Crippen LogP contribution in [0.1, 0.15) is 12.1 Å². The third-order valence-electron chi connectivity index (χ3n) is 6.65. The van der Waals surface area contributed by atoms with Crippen molar-refractivity contribution in [3.05, 3.63) is 35.4 Å². The zero-order valence-electron chi connectivity index (χ0n) is 19.7. The molecule has 0 aromatic carbocycles. The number of hydrogen-bond donors (Lipinski definition) is 2. The van der Waals surface area contributed by atoms with Gasteiger partial charge in [0.25, 0.3) is 0 Å². The average molecular weight is 487 g/mol. The van der Waals surface area contributed by atoms with Crippen LogP contribution in [0.25, 0.3) is 11.3 Å². The first kappa shape index (κ1) is 23.5. The summed E-state index contributed by atoms with van der Waals surface area (Å²) < 4.78 is 42.6. The van der Waals surface area contributed by atoms with Gasteiger partial charge in [0.2, 0.25) is 0 Å². The fraction of sp³-hybridized carbons (Fsp3) is 0.522. The summed E-state index contributed by atoms with van der Waals surface area (Å²) in [6.45, 7) is 3.46. The van der Waals surface area contributed by atoms with Crippen LogP contribution in [-0.4, -0.2) is 91.4 Å². The Bertz CT molecular complexity index is 1200. The Balaban J connectivity index is 1.54. The Morgan fingerprint density at radius 1 is 1.34 bits per heavy atom. The van der Waals surface area contributed by atoms with Crippen molar-refractivity contribution in [2.24, 2.45) is 0 Å². The number of anilines is 1. The molecule has 5 rings (SSSR count). The molecular formula is C23H28F2N8O2. The number of halogens is 2. The lowest BCUT2D eigenvalue weighted by Crippen LogP contribution is -2.58. The largest absolute Gasteiger partial charge is 0.493 e. The lowest BCUT2D eigenvalue weighted by atomic mass is 10.0. The molecule has 2 saturated heterocycles. The van der Waals surface area contributed by atoms with Gasteiger partial charge in [0, 0.05) is 32.7 Å². The first-order chi connectivity index (χ1) is 17.0. The van der Waals surface area contributed by atoms with Crippen LogP contribution in [0.4, 0.5) is 14.6 Å². The standard InChI is InChI=1S/C23H28F2N8O2/c1-31-21(16(25)9-14(11-26)22(31)29-17-12-27-4-3-15(17)24)18-13-28-20-10-19(34-2)23(30-33(18)20)32-5-7-35-8-6-32/h9-10,13,15,17,22,27,29H,3-8,12H2,1-2H3/t15-,17-,22?/m1/s1. The molecule has 0 saturated carbocycles. The van der Waals surface area contributed by atoms with E-state index >= 15 is 4.39 Å². The maximum absolute atomic E-state index is 15.4. The highest BCUT2D eigenvalue weighted by molar-refractivity contribution is 5.71. The highest BCUT2D eigenvalue weighted by Crippen LogP contribution is 2.34. The van der Waals surface area contributed by atoms with Crippen LogP contribution >= 0.6 is 0 Å². The van der Waals surface area contributed by atoms with Crippen LogP contribution in [0.3, 0.4) is 0 Å². The average Bonchev–Trinajstić information content (AvgIpc) is 3.28. The summed E-state index contributed by atoms with van der Waals surface area (Å²) in [5, 5.41) is 20.8. The number of piperidine rings is 1. The van der Waals surface area contributed by atoms with Gasteiger partial charge in [0.05, 0.1) is 44.2 Å². The SMILES string of the molecule is COc1cc2ncc(C3=C(F)C=C(C#N)C(N[C@@H]4CNCC[C@H]4F)N3C)n2nc1N1CCOCC1. The molecule has 35 heavy (non-hydrogen) atoms. The van der Waals surface area contributed by atoms with Gasteiger partial charge in [0.1, 0.15) is 29.6 Å². The first-order valence-corrected chi connectivity index (χ1v) is 11.6. The van der Waals surface area contributed by atoms with Crippen molar-refractivity contribution in [2.75, 3.05) is 58.5 Å². The monoisotopic (exact) mass is 486 g/mol. The molecule has 0 spiro atoms. The normalized spacial score (nSPS) is 25.6. The topological polar surface area (TPSA) is 103 Å². The van der Waals surface area contributed by atoms with E-state index in [1.165, 1.54) is 6.08 Å². The van der Waals surface area contributed by atoms with Gasteiger partial charge in [-0.05, 0) is 19.0 Å². The second-order valence-corrected chi connectivity index (χ2v) is 8.75. The van der Waals surface area contributed by atoms with Crippen LogP contribution < -0.4 is 20.3 Å². The van der Waals surface area contributed by atoms with Crippen LogP contribution in [0, 0.1) is 11.3 Å². The fourth-order valence-electron chi connectivity index (χ4n) is 4.78. The van der Waals surface area contributed by atoms with E-state index < -0.39 is 24.2 Å². The molecule has 0 radical (unpaired) electrons. The summed E-state index contributed by atoms with van der Waals surface area (Å²) in [5.74, 6) is 0.583. The Labute approximate surface area is 201 Å². The molecule has 0 amide bonds. The number of allylic oxidation sites excluding steroid dienone is 2. The minimum Gasteiger partial charge on any atom is -0.493 e. The predicted octanol–water partition coefficient (Wildman–Crippen LogP) is 1.22. The van der Waals surface area contributed by atoms with E-state index in [0.29, 0.717) is 68.7 Å². The van der Waals surface area contributed by atoms with E-state index in [9.17, 15) is 9.65 Å². The summed E-state index contributed by atoms with van der Waals surface area (Å²) in [6.07, 6.45) is 1.34. The lowest BCUT2D eigenvalue weighted by Gasteiger charge is -2.39. The number of fused-ring (bicyclic) bond motifs is 1. The second kappa shape index (κ2) is 9.77. The molecule has 2 fully saturated rings. The van der Waals surface area contributed by atoms with E-state index in [1.807, 2.05) is 0 Å². The van der Waals surface area contributed by atoms with Crippen molar-refractivity contribution < 1.29 is 18.3 Å². The smallest absolute Gasteiger partial charge is 0.192 e. The van der Waals surface area contributed by atoms with E-state index in [2.05, 4.69) is 26.6 Å². The van der Waals surface area contributed by atoms with Crippen molar-refractivity contribution in [3.8, 4) is 11.8 Å². The molecule has 2 N–H and O–H groups in total. The van der Waals surface area contributed by atoms with Crippen molar-refractivity contribution in [3.63, 3.8) is 0 Å². The van der Waals surface area contributed by atoms with Gasteiger partial charge in [-0.2, -0.15) is 5.26 Å². The molecule has 1 unspecified atom stereocenters. The highest BCUT2D eigenvalue weighted by atomic mass is 19.1. The molecule has 12 heteroatoms. The van der Waals surface area contributed by atoms with E-state index in [1.54, 1.807) is 35.8 Å². The maximum Gasteiger partial charge on any atom is 0.192 e. The molecule has 5 heterocycles. The molecule has 0 bridgehead atoms. The van der Waals surface area contributed by atoms with Gasteiger partial charge in [-0.25, -0.2) is 18.3 Å². The third-order valence-corrected chi connectivity index (χ3v) is 6.65. The van der Waals surface area contributed by atoms with Crippen molar-refractivity contribution in [2.45, 2.75) is 24.8 Å². The molecular weight excluding hydrogens is 458 g/mol. The molecule has 0 aliphatic carbocycles. The quantitative estimate of drug-likeness (QED) is 0.646. The number of nitrogens with zero attached hydrogens (tertiary/aromatic N) is 6. The number of aromatic nitrogens is 3. The number of alkyl halides is 1. The Hall–Kier alpha value is -3.27. The van der Waals surface area contributed by atoms with Crippen molar-refractivity contribution in [1.29, 1.82) is 5.26 Å². The maximum atomic E-state index is 15.4. The summed E-state index contributed by atoms with van der Waals surface area (Å²) in [7, 11) is 3.24. The number of nitriles is 1. The highest BCUT2D eigenvalue weighted by Gasteiger charge is 2.35. The van der Waals surface area contributed by atoms with Crippen molar-refractivity contribution >= 4 is 17.2 Å². The van der Waals surface area contributed by atoms with Gasteiger partial charge in [-0.1, -0.05) is 0 Å². The lowest BCUT2D eigenvalue weighted by molar-refractivity contribution is 0.122. The molecule has 2 aromatic rings. The van der Waals surface area contributed by atoms with E-state index in [4.69, 9.17) is 14.6 Å². The summed E-state index contributed by atoms with van der Waals surface area (Å²) in [4.78, 5) is 8.09. The molecule has 3 aliphatic heterocycles. The number of imidazole rings is 1. The van der Waals surface area contributed by atoms with E-state index in [0.717, 1.165) is 0 Å². The van der Waals surface area contributed by atoms with Gasteiger partial charge in [-0.15, -0.1) is 5.10 Å². The third kappa shape index (κ3) is 4.31. The molecule has 2 aromatic heterocycles. The second-order valence-electron chi connectivity index (χ2n) is 8.75. The Morgan fingerprint density at radius 2 is 2.14 bits per heavy atom. The molecule has 10 nitrogen and oxygen atoms in total. The summed E-state index contributed by atoms with van der Waals surface area (Å²) in [5.41, 5.74) is 1.28. The van der Waals surface area contributed by atoms with Crippen LogP contribution in [0.2, 0.25) is 0 Å². The number of rotatable bonds is 5. The zero-order valence-corrected chi connectivity index (χ0v) is 19.7. The molecule has 186 valence electrons. The minimum absolute atomic E-state index is 0.170. The number of nitrogens with one attached hydrogen (secondary N) is 2. The van der Waals surface area contributed by atoms with Gasteiger partial charge in [-0.3, -0.25) is 5.32 Å². The number of morpholine rings is 1. The minimum atomic E-state index is -1.06. The number of likely N-dealkylation sites (N-methyl/N-ethyl adjacent to an activating group) is 1. The summed E-state index contributed by atoms with van der Waals surface area (Å²) in [6, 6.07) is 3.31. The Morgan fingerprint density at radius 3 is 2.86 bits per heavy atom. The van der Waals surface area contributed by atoms with Gasteiger partial charge in [0.15, 0.2) is 17.2 Å². The predicted molar refractivity (Wildman–Crippen MR) is 125 cm³/mol. The van der Waals surface area contributed by atoms with Gasteiger partial charge < -0.3 is 24.6 Å². The first-order valence-electron chi connectivity index (χ1n) is 11.6. The molecule has 3 atom stereocenters. The molecule has 3 aliphatic rings. The van der Waals surface area contributed by atoms with Crippen molar-refractivity contribution in [1.82, 2.24) is 30.1 Å². The number of hydrogen-bond acceptors (Lipinski definition) is 9. The summed E-state index contributed by atoms with van der Waals surface area (Å²) >= 11 is 0. The van der Waals surface area contributed by atoms with Crippen LogP contribution in [-0.2, 0) is 4.74 Å². The Kier molecular flexibility index (Phi) is 6.55. The van der Waals surface area contributed by atoms with E-state index in [-0.39, 0.29) is 11.3 Å². The number of ether oxygens (including phenoxy) is 2. The fourth-order valence-corrected chi connectivity index (χ4v) is 4.78. The van der Waals surface area contributed by atoms with Gasteiger partial charge >= 0.3 is 0 Å². The van der Waals surface area contributed by atoms with Crippen LogP contribution in [0.5, 0.6) is 5.75 Å².